The van der Waals surface area contributed by atoms with Crippen LogP contribution in [0.25, 0.3) is 44.9 Å². The number of aryl methyl sites for hydroxylation is 1. The molecule has 2 heterocycles. The lowest BCUT2D eigenvalue weighted by molar-refractivity contribution is 0.480. The Labute approximate surface area is 163 Å². The van der Waals surface area contributed by atoms with E-state index < -0.39 is 0 Å². The Balaban J connectivity index is 1.58. The van der Waals surface area contributed by atoms with E-state index in [-0.39, 0.29) is 5.75 Å². The largest absolute Gasteiger partial charge is 0.506 e. The van der Waals surface area contributed by atoms with Crippen molar-refractivity contribution in [1.29, 1.82) is 0 Å². The fourth-order valence-corrected chi connectivity index (χ4v) is 3.93. The quantitative estimate of drug-likeness (QED) is 0.411. The van der Waals surface area contributed by atoms with E-state index in [9.17, 15) is 5.11 Å². The van der Waals surface area contributed by atoms with Crippen LogP contribution in [0.2, 0.25) is 0 Å². The summed E-state index contributed by atoms with van der Waals surface area (Å²) in [5.41, 5.74) is 5.10. The number of hydrogen-bond acceptors (Lipinski definition) is 2. The highest BCUT2D eigenvalue weighted by Crippen LogP contribution is 2.30. The van der Waals surface area contributed by atoms with Crippen LogP contribution in [0.4, 0.5) is 0 Å². The van der Waals surface area contributed by atoms with Crippen molar-refractivity contribution < 1.29 is 5.11 Å². The molecule has 3 heteroatoms. The molecule has 28 heavy (non-hydrogen) atoms. The van der Waals surface area contributed by atoms with E-state index in [0.29, 0.717) is 5.52 Å². The van der Waals surface area contributed by atoms with Crippen molar-refractivity contribution in [3.8, 4) is 5.75 Å². The van der Waals surface area contributed by atoms with E-state index in [0.717, 1.165) is 23.2 Å². The molecule has 0 atom stereocenters. The molecule has 5 aromatic rings. The van der Waals surface area contributed by atoms with Crippen LogP contribution in [0, 0.1) is 0 Å². The maximum Gasteiger partial charge on any atom is 0.141 e. The third-order valence-electron chi connectivity index (χ3n) is 5.28. The smallest absolute Gasteiger partial charge is 0.141 e. The van der Waals surface area contributed by atoms with Crippen molar-refractivity contribution in [3.63, 3.8) is 0 Å². The number of fused-ring (bicyclic) bond motifs is 4. The van der Waals surface area contributed by atoms with Crippen molar-refractivity contribution in [2.75, 3.05) is 0 Å². The summed E-state index contributed by atoms with van der Waals surface area (Å²) >= 11 is 0. The monoisotopic (exact) mass is 364 g/mol. The minimum atomic E-state index is 0.210. The van der Waals surface area contributed by atoms with Gasteiger partial charge in [-0.1, -0.05) is 54.6 Å². The first-order valence-electron chi connectivity index (χ1n) is 9.52. The van der Waals surface area contributed by atoms with Crippen molar-refractivity contribution in [3.05, 3.63) is 84.1 Å². The number of aromatic nitrogens is 2. The Morgan fingerprint density at radius 2 is 1.71 bits per heavy atom. The number of phenols is 1. The molecule has 0 aliphatic rings. The maximum absolute atomic E-state index is 10.0. The first-order valence-corrected chi connectivity index (χ1v) is 9.52. The van der Waals surface area contributed by atoms with Crippen molar-refractivity contribution in [2.45, 2.75) is 13.5 Å². The summed E-state index contributed by atoms with van der Waals surface area (Å²) in [6.07, 6.45) is 4.07. The highest BCUT2D eigenvalue weighted by Gasteiger charge is 2.09. The molecule has 0 unspecified atom stereocenters. The summed E-state index contributed by atoms with van der Waals surface area (Å²) in [7, 11) is 0. The van der Waals surface area contributed by atoms with Gasteiger partial charge >= 0.3 is 0 Å². The number of hydrogen-bond donors (Lipinski definition) is 1. The van der Waals surface area contributed by atoms with E-state index in [1.165, 1.54) is 21.8 Å². The van der Waals surface area contributed by atoms with Gasteiger partial charge in [0, 0.05) is 33.7 Å². The number of rotatable bonds is 3. The Kier molecular flexibility index (Phi) is 3.87. The molecule has 0 amide bonds. The zero-order valence-corrected chi connectivity index (χ0v) is 15.6. The molecule has 0 bridgehead atoms. The average molecular weight is 364 g/mol. The van der Waals surface area contributed by atoms with Crippen molar-refractivity contribution in [2.24, 2.45) is 0 Å². The maximum atomic E-state index is 10.0. The van der Waals surface area contributed by atoms with Crippen LogP contribution in [0.3, 0.4) is 0 Å². The molecular weight excluding hydrogens is 344 g/mol. The fraction of sp³-hybridized carbons (Fsp3) is 0.0800. The topological polar surface area (TPSA) is 38.0 Å². The summed E-state index contributed by atoms with van der Waals surface area (Å²) in [4.78, 5) is 4.58. The van der Waals surface area contributed by atoms with Gasteiger partial charge in [0.1, 0.15) is 11.3 Å². The van der Waals surface area contributed by atoms with Crippen molar-refractivity contribution in [1.82, 2.24) is 9.55 Å². The van der Waals surface area contributed by atoms with Gasteiger partial charge in [-0.3, -0.25) is 0 Å². The first-order chi connectivity index (χ1) is 13.7. The highest BCUT2D eigenvalue weighted by molar-refractivity contribution is 6.08. The summed E-state index contributed by atoms with van der Waals surface area (Å²) in [5.74, 6) is 0.210. The molecule has 3 nitrogen and oxygen atoms in total. The van der Waals surface area contributed by atoms with Gasteiger partial charge in [-0.15, -0.1) is 0 Å². The van der Waals surface area contributed by atoms with Gasteiger partial charge in [-0.05, 0) is 42.8 Å². The molecule has 0 aliphatic carbocycles. The van der Waals surface area contributed by atoms with E-state index in [1.54, 1.807) is 6.07 Å². The third kappa shape index (κ3) is 2.64. The van der Waals surface area contributed by atoms with Crippen LogP contribution in [-0.2, 0) is 6.54 Å². The van der Waals surface area contributed by atoms with E-state index >= 15 is 0 Å². The molecule has 2 aromatic heterocycles. The summed E-state index contributed by atoms with van der Waals surface area (Å²) in [6, 6.07) is 24.5. The number of nitrogens with zero attached hydrogens (tertiary/aromatic N) is 2. The predicted molar refractivity (Wildman–Crippen MR) is 117 cm³/mol. The minimum absolute atomic E-state index is 0.210. The molecule has 3 aromatic carbocycles. The fourth-order valence-electron chi connectivity index (χ4n) is 3.93. The van der Waals surface area contributed by atoms with Gasteiger partial charge in [0.2, 0.25) is 0 Å². The lowest BCUT2D eigenvalue weighted by atomic mass is 10.1. The second-order valence-corrected chi connectivity index (χ2v) is 6.96. The molecular formula is C25H20N2O. The Bertz CT molecular complexity index is 1360. The van der Waals surface area contributed by atoms with Crippen LogP contribution in [0.5, 0.6) is 5.75 Å². The number of aromatic hydroxyl groups is 1. The Morgan fingerprint density at radius 1 is 0.857 bits per heavy atom. The minimum Gasteiger partial charge on any atom is -0.506 e. The molecule has 5 rings (SSSR count). The van der Waals surface area contributed by atoms with Gasteiger partial charge in [0.25, 0.3) is 0 Å². The van der Waals surface area contributed by atoms with Crippen molar-refractivity contribution >= 4 is 44.9 Å². The normalized spacial score (nSPS) is 11.9. The standard InChI is InChI=1S/C25H20N2O/c1-2-27-22-8-4-3-7-20(22)21-15-11-17(16-23(21)27)10-13-19-14-12-18-6-5-9-24(28)25(18)26-19/h3-16,28H,2H2,1H3. The zero-order valence-electron chi connectivity index (χ0n) is 15.6. The third-order valence-corrected chi connectivity index (χ3v) is 5.28. The Morgan fingerprint density at radius 3 is 2.61 bits per heavy atom. The zero-order chi connectivity index (χ0) is 19.1. The van der Waals surface area contributed by atoms with Gasteiger partial charge in [-0.2, -0.15) is 0 Å². The molecule has 1 N–H and O–H groups in total. The SMILES string of the molecule is CCn1c2ccccc2c2ccc(C=Cc3ccc4cccc(O)c4n3)cc21. The second kappa shape index (κ2) is 6.54. The van der Waals surface area contributed by atoms with Crippen LogP contribution in [0.1, 0.15) is 18.2 Å². The molecule has 0 spiro atoms. The van der Waals surface area contributed by atoms with Crippen LogP contribution < -0.4 is 0 Å². The van der Waals surface area contributed by atoms with Gasteiger partial charge in [0.15, 0.2) is 0 Å². The molecule has 0 radical (unpaired) electrons. The lowest BCUT2D eigenvalue weighted by Crippen LogP contribution is -1.92. The van der Waals surface area contributed by atoms with Crippen LogP contribution in [0.15, 0.2) is 72.8 Å². The van der Waals surface area contributed by atoms with Crippen LogP contribution >= 0.6 is 0 Å². The van der Waals surface area contributed by atoms with Crippen LogP contribution in [-0.4, -0.2) is 14.7 Å². The molecule has 0 saturated carbocycles. The second-order valence-electron chi connectivity index (χ2n) is 6.96. The average Bonchev–Trinajstić information content (AvgIpc) is 3.05. The molecule has 0 fully saturated rings. The summed E-state index contributed by atoms with van der Waals surface area (Å²) in [5, 5.41) is 13.5. The molecule has 0 aliphatic heterocycles. The highest BCUT2D eigenvalue weighted by atomic mass is 16.3. The van der Waals surface area contributed by atoms with E-state index in [2.05, 4.69) is 65.0 Å². The Hall–Kier alpha value is -3.59. The number of pyridine rings is 1. The number of phenolic OH excluding ortho intramolecular Hbond substituents is 1. The summed E-state index contributed by atoms with van der Waals surface area (Å²) in [6.45, 7) is 3.11. The van der Waals surface area contributed by atoms with Gasteiger partial charge in [0.05, 0.1) is 5.69 Å². The lowest BCUT2D eigenvalue weighted by Gasteiger charge is -2.04. The van der Waals surface area contributed by atoms with Gasteiger partial charge in [-0.25, -0.2) is 4.98 Å². The van der Waals surface area contributed by atoms with Gasteiger partial charge < -0.3 is 9.67 Å². The van der Waals surface area contributed by atoms with E-state index in [4.69, 9.17) is 0 Å². The van der Waals surface area contributed by atoms with E-state index in [1.807, 2.05) is 30.3 Å². The predicted octanol–water partition coefficient (Wildman–Crippen LogP) is 6.24. The molecule has 136 valence electrons. The number of benzene rings is 3. The molecule has 0 saturated heterocycles. The number of para-hydroxylation sites is 2. The first kappa shape index (κ1) is 16.6. The summed E-state index contributed by atoms with van der Waals surface area (Å²) < 4.78 is 2.36.